The summed E-state index contributed by atoms with van der Waals surface area (Å²) < 4.78 is 1.73. The van der Waals surface area contributed by atoms with Crippen LogP contribution in [0.1, 0.15) is 78.6 Å². The summed E-state index contributed by atoms with van der Waals surface area (Å²) >= 11 is 0. The Morgan fingerprint density at radius 2 is 1.78 bits per heavy atom. The van der Waals surface area contributed by atoms with Crippen LogP contribution in [0.25, 0.3) is 0 Å². The van der Waals surface area contributed by atoms with Crippen molar-refractivity contribution in [1.82, 2.24) is 20.4 Å². The van der Waals surface area contributed by atoms with E-state index in [9.17, 15) is 9.59 Å². The van der Waals surface area contributed by atoms with Crippen molar-refractivity contribution >= 4 is 11.8 Å². The number of aromatic nitrogens is 2. The molecule has 0 radical (unpaired) electrons. The van der Waals surface area contributed by atoms with Gasteiger partial charge in [0.2, 0.25) is 0 Å². The van der Waals surface area contributed by atoms with E-state index in [1.165, 1.54) is 0 Å². The second-order valence-corrected chi connectivity index (χ2v) is 6.91. The second-order valence-electron chi connectivity index (χ2n) is 6.91. The van der Waals surface area contributed by atoms with Gasteiger partial charge in [0.25, 0.3) is 11.8 Å². The molecule has 0 fully saturated rings. The van der Waals surface area contributed by atoms with Crippen LogP contribution in [-0.4, -0.2) is 28.1 Å². The summed E-state index contributed by atoms with van der Waals surface area (Å²) in [5.41, 5.74) is 3.07. The number of hydrogen-bond donors (Lipinski definition) is 2. The van der Waals surface area contributed by atoms with Gasteiger partial charge in [-0.15, -0.1) is 0 Å². The first-order valence-electron chi connectivity index (χ1n) is 9.69. The van der Waals surface area contributed by atoms with E-state index >= 15 is 0 Å². The smallest absolute Gasteiger partial charge is 0.269 e. The van der Waals surface area contributed by atoms with Crippen molar-refractivity contribution in [2.45, 2.75) is 59.5 Å². The highest BCUT2D eigenvalue weighted by molar-refractivity contribution is 5.94. The first-order chi connectivity index (χ1) is 13.0. The average Bonchev–Trinajstić information content (AvgIpc) is 3.11. The number of rotatable bonds is 9. The molecule has 0 saturated carbocycles. The zero-order valence-electron chi connectivity index (χ0n) is 16.7. The van der Waals surface area contributed by atoms with E-state index in [4.69, 9.17) is 0 Å². The quantitative estimate of drug-likeness (QED) is 0.664. The van der Waals surface area contributed by atoms with Gasteiger partial charge in [-0.3, -0.25) is 14.3 Å². The monoisotopic (exact) mass is 370 g/mol. The van der Waals surface area contributed by atoms with Gasteiger partial charge >= 0.3 is 0 Å². The molecule has 1 aromatic carbocycles. The number of nitrogens with zero attached hydrogens (tertiary/aromatic N) is 2. The van der Waals surface area contributed by atoms with Crippen molar-refractivity contribution in [3.63, 3.8) is 0 Å². The zero-order valence-corrected chi connectivity index (χ0v) is 16.7. The van der Waals surface area contributed by atoms with E-state index in [1.54, 1.807) is 16.8 Å². The fourth-order valence-electron chi connectivity index (χ4n) is 2.67. The van der Waals surface area contributed by atoms with Gasteiger partial charge in [-0.2, -0.15) is 5.10 Å². The van der Waals surface area contributed by atoms with Crippen LogP contribution >= 0.6 is 0 Å². The van der Waals surface area contributed by atoms with E-state index in [1.807, 2.05) is 25.1 Å². The summed E-state index contributed by atoms with van der Waals surface area (Å²) in [6.45, 7) is 9.93. The van der Waals surface area contributed by atoms with Crippen molar-refractivity contribution in [3.8, 4) is 0 Å². The lowest BCUT2D eigenvalue weighted by Gasteiger charge is -2.08. The Morgan fingerprint density at radius 3 is 2.37 bits per heavy atom. The van der Waals surface area contributed by atoms with Gasteiger partial charge in [-0.1, -0.05) is 39.3 Å². The van der Waals surface area contributed by atoms with Crippen LogP contribution < -0.4 is 10.6 Å². The van der Waals surface area contributed by atoms with Crippen molar-refractivity contribution in [3.05, 3.63) is 52.8 Å². The summed E-state index contributed by atoms with van der Waals surface area (Å²) in [7, 11) is 0. The first kappa shape index (κ1) is 20.7. The largest absolute Gasteiger partial charge is 0.352 e. The summed E-state index contributed by atoms with van der Waals surface area (Å²) in [5.74, 6) is 0.0742. The molecule has 2 aromatic rings. The van der Waals surface area contributed by atoms with Crippen LogP contribution in [0.15, 0.2) is 30.3 Å². The fourth-order valence-corrected chi connectivity index (χ4v) is 2.67. The molecule has 0 bridgehead atoms. The number of amides is 2. The molecule has 0 aliphatic heterocycles. The molecule has 0 aliphatic rings. The molecule has 0 unspecified atom stereocenters. The molecule has 6 nitrogen and oxygen atoms in total. The molecule has 0 spiro atoms. The average molecular weight is 370 g/mol. The second kappa shape index (κ2) is 9.90. The van der Waals surface area contributed by atoms with Gasteiger partial charge in [-0.05, 0) is 43.0 Å². The normalized spacial score (nSPS) is 10.9. The van der Waals surface area contributed by atoms with Gasteiger partial charge < -0.3 is 10.6 Å². The molecule has 0 saturated heterocycles. The summed E-state index contributed by atoms with van der Waals surface area (Å²) in [6.07, 6.45) is 2.03. The first-order valence-corrected chi connectivity index (χ1v) is 9.69. The molecule has 0 aliphatic carbocycles. The molecule has 2 N–H and O–H groups in total. The lowest BCUT2D eigenvalue weighted by molar-refractivity contribution is 0.0935. The van der Waals surface area contributed by atoms with Crippen molar-refractivity contribution in [2.24, 2.45) is 0 Å². The number of benzene rings is 1. The summed E-state index contributed by atoms with van der Waals surface area (Å²) in [5, 5.41) is 10.3. The highest BCUT2D eigenvalue weighted by Gasteiger charge is 2.16. The predicted octanol–water partition coefficient (Wildman–Crippen LogP) is 3.49. The molecular formula is C21H30N4O2. The highest BCUT2D eigenvalue weighted by Crippen LogP contribution is 2.15. The lowest BCUT2D eigenvalue weighted by Crippen LogP contribution is -2.26. The van der Waals surface area contributed by atoms with Crippen molar-refractivity contribution in [2.75, 3.05) is 6.54 Å². The number of carbonyl (C=O) groups excluding carboxylic acids is 2. The predicted molar refractivity (Wildman–Crippen MR) is 107 cm³/mol. The van der Waals surface area contributed by atoms with Gasteiger partial charge in [0.05, 0.1) is 5.69 Å². The maximum atomic E-state index is 12.5. The number of unbranched alkanes of at least 4 members (excludes halogenated alkanes) is 1. The van der Waals surface area contributed by atoms with Gasteiger partial charge in [0.15, 0.2) is 0 Å². The Hall–Kier alpha value is -2.63. The van der Waals surface area contributed by atoms with Crippen LogP contribution in [-0.2, 0) is 13.1 Å². The van der Waals surface area contributed by atoms with Gasteiger partial charge in [0.1, 0.15) is 5.69 Å². The standard InChI is InChI=1S/C21H30N4O2/c1-5-7-12-22-20(26)17-10-8-16(9-11-17)14-23-21(27)19-13-18(15(3)4)24-25(19)6-2/h8-11,13,15H,5-7,12,14H2,1-4H3,(H,22,26)(H,23,27). The minimum absolute atomic E-state index is 0.0629. The van der Waals surface area contributed by atoms with Crippen molar-refractivity contribution in [1.29, 1.82) is 0 Å². The molecule has 1 aromatic heterocycles. The fraction of sp³-hybridized carbons (Fsp3) is 0.476. The number of nitrogens with one attached hydrogen (secondary N) is 2. The molecule has 2 rings (SSSR count). The Morgan fingerprint density at radius 1 is 1.07 bits per heavy atom. The third-order valence-electron chi connectivity index (χ3n) is 4.41. The van der Waals surface area contributed by atoms with E-state index in [2.05, 4.69) is 36.5 Å². The van der Waals surface area contributed by atoms with E-state index in [0.717, 1.165) is 24.1 Å². The van der Waals surface area contributed by atoms with Gasteiger partial charge in [0, 0.05) is 25.2 Å². The Labute approximate surface area is 161 Å². The molecule has 27 heavy (non-hydrogen) atoms. The van der Waals surface area contributed by atoms with Crippen LogP contribution in [0.4, 0.5) is 0 Å². The molecule has 0 atom stereocenters. The Balaban J connectivity index is 1.94. The van der Waals surface area contributed by atoms with Crippen LogP contribution in [0.3, 0.4) is 0 Å². The minimum Gasteiger partial charge on any atom is -0.352 e. The molecule has 6 heteroatoms. The molecule has 2 amide bonds. The summed E-state index contributed by atoms with van der Waals surface area (Å²) in [4.78, 5) is 24.5. The highest BCUT2D eigenvalue weighted by atomic mass is 16.2. The minimum atomic E-state index is -0.141. The third kappa shape index (κ3) is 5.67. The Kier molecular flexibility index (Phi) is 7.58. The van der Waals surface area contributed by atoms with Crippen LogP contribution in [0.2, 0.25) is 0 Å². The van der Waals surface area contributed by atoms with E-state index < -0.39 is 0 Å². The number of carbonyl (C=O) groups is 2. The van der Waals surface area contributed by atoms with Crippen molar-refractivity contribution < 1.29 is 9.59 Å². The summed E-state index contributed by atoms with van der Waals surface area (Å²) in [6, 6.07) is 9.16. The molecule has 1 heterocycles. The topological polar surface area (TPSA) is 76.0 Å². The maximum Gasteiger partial charge on any atom is 0.269 e. The number of aryl methyl sites for hydroxylation is 1. The van der Waals surface area contributed by atoms with E-state index in [-0.39, 0.29) is 17.7 Å². The van der Waals surface area contributed by atoms with Gasteiger partial charge in [-0.25, -0.2) is 0 Å². The molecular weight excluding hydrogens is 340 g/mol. The zero-order chi connectivity index (χ0) is 19.8. The Bertz CT molecular complexity index is 763. The molecule has 146 valence electrons. The van der Waals surface area contributed by atoms with E-state index in [0.29, 0.717) is 30.9 Å². The number of hydrogen-bond acceptors (Lipinski definition) is 3. The lowest BCUT2D eigenvalue weighted by atomic mass is 10.1. The maximum absolute atomic E-state index is 12.5. The van der Waals surface area contributed by atoms with Crippen LogP contribution in [0, 0.1) is 0 Å². The third-order valence-corrected chi connectivity index (χ3v) is 4.41. The van der Waals surface area contributed by atoms with Crippen LogP contribution in [0.5, 0.6) is 0 Å². The SMILES string of the molecule is CCCCNC(=O)c1ccc(CNC(=O)c2cc(C(C)C)nn2CC)cc1.